The molecule has 1 aliphatic carbocycles. The Morgan fingerprint density at radius 2 is 1.52 bits per heavy atom. The summed E-state index contributed by atoms with van der Waals surface area (Å²) in [6, 6.07) is 5.87. The van der Waals surface area contributed by atoms with Crippen molar-refractivity contribution in [3.8, 4) is 0 Å². The molecule has 0 aliphatic heterocycles. The van der Waals surface area contributed by atoms with Gasteiger partial charge in [0.15, 0.2) is 6.61 Å². The number of ether oxygens (including phenoxy) is 3. The van der Waals surface area contributed by atoms with Crippen molar-refractivity contribution in [2.45, 2.75) is 32.1 Å². The Bertz CT molecular complexity index is 954. The van der Waals surface area contributed by atoms with E-state index in [2.05, 4.69) is 14.8 Å². The number of anilines is 1. The number of amides is 1. The highest BCUT2D eigenvalue weighted by molar-refractivity contribution is 7.14. The van der Waals surface area contributed by atoms with Gasteiger partial charge in [-0.3, -0.25) is 4.79 Å². The summed E-state index contributed by atoms with van der Waals surface area (Å²) in [4.78, 5) is 50.0. The molecule has 164 valence electrons. The zero-order chi connectivity index (χ0) is 22.4. The van der Waals surface area contributed by atoms with Gasteiger partial charge in [-0.25, -0.2) is 14.4 Å². The summed E-state index contributed by atoms with van der Waals surface area (Å²) in [5, 5.41) is 2.52. The van der Waals surface area contributed by atoms with Crippen LogP contribution in [0.2, 0.25) is 0 Å². The molecule has 0 atom stereocenters. The Hall–Kier alpha value is -3.20. The maximum absolute atomic E-state index is 12.4. The monoisotopic (exact) mass is 445 g/mol. The number of methoxy groups -OCH3 is 2. The topological polar surface area (TPSA) is 108 Å². The SMILES string of the molecule is COC(=O)c1cc(NC(=O)COC(=O)c2cc3c(s2)CCCCC3)cc(C(=O)OC)c1. The van der Waals surface area contributed by atoms with Crippen molar-refractivity contribution >= 4 is 40.8 Å². The molecule has 0 radical (unpaired) electrons. The number of benzene rings is 1. The molecular weight excluding hydrogens is 422 g/mol. The smallest absolute Gasteiger partial charge is 0.348 e. The molecule has 2 aromatic rings. The van der Waals surface area contributed by atoms with Crippen molar-refractivity contribution in [1.82, 2.24) is 0 Å². The van der Waals surface area contributed by atoms with Crippen LogP contribution in [0.3, 0.4) is 0 Å². The maximum atomic E-state index is 12.4. The van der Waals surface area contributed by atoms with Crippen LogP contribution in [0, 0.1) is 0 Å². The lowest BCUT2D eigenvalue weighted by Crippen LogP contribution is -2.21. The fourth-order valence-corrected chi connectivity index (χ4v) is 4.49. The minimum Gasteiger partial charge on any atom is -0.465 e. The fourth-order valence-electron chi connectivity index (χ4n) is 3.34. The van der Waals surface area contributed by atoms with Crippen LogP contribution in [0.25, 0.3) is 0 Å². The van der Waals surface area contributed by atoms with Gasteiger partial charge in [-0.1, -0.05) is 6.42 Å². The van der Waals surface area contributed by atoms with E-state index in [1.54, 1.807) is 0 Å². The van der Waals surface area contributed by atoms with Crippen LogP contribution in [-0.2, 0) is 31.8 Å². The molecule has 1 N–H and O–H groups in total. The highest BCUT2D eigenvalue weighted by Gasteiger charge is 2.19. The zero-order valence-electron chi connectivity index (χ0n) is 17.3. The lowest BCUT2D eigenvalue weighted by Gasteiger charge is -2.10. The van der Waals surface area contributed by atoms with Crippen LogP contribution in [0.5, 0.6) is 0 Å². The Morgan fingerprint density at radius 1 is 0.871 bits per heavy atom. The van der Waals surface area contributed by atoms with Gasteiger partial charge < -0.3 is 19.5 Å². The van der Waals surface area contributed by atoms with E-state index in [0.29, 0.717) is 4.88 Å². The van der Waals surface area contributed by atoms with Crippen molar-refractivity contribution in [2.75, 3.05) is 26.1 Å². The Kier molecular flexibility index (Phi) is 7.41. The first-order valence-corrected chi connectivity index (χ1v) is 10.6. The predicted molar refractivity (Wildman–Crippen MR) is 114 cm³/mol. The van der Waals surface area contributed by atoms with Gasteiger partial charge in [0.2, 0.25) is 0 Å². The minimum atomic E-state index is -0.676. The highest BCUT2D eigenvalue weighted by Crippen LogP contribution is 2.29. The van der Waals surface area contributed by atoms with Crippen LogP contribution >= 0.6 is 11.3 Å². The molecule has 8 nitrogen and oxygen atoms in total. The molecule has 0 spiro atoms. The second-order valence-electron chi connectivity index (χ2n) is 7.03. The van der Waals surface area contributed by atoms with Gasteiger partial charge >= 0.3 is 17.9 Å². The summed E-state index contributed by atoms with van der Waals surface area (Å²) in [6.07, 6.45) is 5.34. The van der Waals surface area contributed by atoms with Gasteiger partial charge in [0.25, 0.3) is 5.91 Å². The van der Waals surface area contributed by atoms with E-state index in [0.717, 1.165) is 25.7 Å². The number of nitrogens with one attached hydrogen (secondary N) is 1. The molecule has 0 unspecified atom stereocenters. The van der Waals surface area contributed by atoms with Crippen molar-refractivity contribution < 1.29 is 33.4 Å². The average molecular weight is 445 g/mol. The number of thiophene rings is 1. The van der Waals surface area contributed by atoms with Gasteiger partial charge in [0, 0.05) is 10.6 Å². The molecule has 1 heterocycles. The van der Waals surface area contributed by atoms with Crippen molar-refractivity contribution in [3.05, 3.63) is 50.7 Å². The third-order valence-electron chi connectivity index (χ3n) is 4.84. The molecule has 9 heteroatoms. The van der Waals surface area contributed by atoms with Crippen LogP contribution in [0.1, 0.15) is 60.1 Å². The van der Waals surface area contributed by atoms with Crippen LogP contribution in [0.15, 0.2) is 24.3 Å². The molecule has 0 bridgehead atoms. The fraction of sp³-hybridized carbons (Fsp3) is 0.364. The first-order valence-electron chi connectivity index (χ1n) is 9.81. The standard InChI is InChI=1S/C22H23NO7S/c1-28-20(25)14-8-15(21(26)29-2)10-16(9-14)23-19(24)12-30-22(27)18-11-13-6-4-3-5-7-17(13)31-18/h8-11H,3-7,12H2,1-2H3,(H,23,24). The van der Waals surface area contributed by atoms with Gasteiger partial charge in [-0.15, -0.1) is 11.3 Å². The van der Waals surface area contributed by atoms with Gasteiger partial charge in [0.05, 0.1) is 25.3 Å². The van der Waals surface area contributed by atoms with E-state index in [-0.39, 0.29) is 16.8 Å². The summed E-state index contributed by atoms with van der Waals surface area (Å²) in [7, 11) is 2.41. The average Bonchev–Trinajstić information content (AvgIpc) is 3.06. The van der Waals surface area contributed by atoms with Crippen LogP contribution in [0.4, 0.5) is 5.69 Å². The van der Waals surface area contributed by atoms with E-state index >= 15 is 0 Å². The zero-order valence-corrected chi connectivity index (χ0v) is 18.1. The second-order valence-corrected chi connectivity index (χ2v) is 8.16. The second kappa shape index (κ2) is 10.2. The first kappa shape index (κ1) is 22.5. The number of rotatable bonds is 6. The molecule has 31 heavy (non-hydrogen) atoms. The van der Waals surface area contributed by atoms with Gasteiger partial charge in [-0.05, 0) is 55.5 Å². The maximum Gasteiger partial charge on any atom is 0.348 e. The number of carbonyl (C=O) groups excluding carboxylic acids is 4. The summed E-state index contributed by atoms with van der Waals surface area (Å²) in [5.74, 6) is -2.51. The lowest BCUT2D eigenvalue weighted by atomic mass is 10.1. The van der Waals surface area contributed by atoms with E-state index in [9.17, 15) is 19.2 Å². The third-order valence-corrected chi connectivity index (χ3v) is 6.06. The van der Waals surface area contributed by atoms with Crippen molar-refractivity contribution in [1.29, 1.82) is 0 Å². The molecule has 1 aliphatic rings. The molecule has 0 fully saturated rings. The summed E-state index contributed by atoms with van der Waals surface area (Å²) >= 11 is 1.42. The normalized spacial score (nSPS) is 12.8. The lowest BCUT2D eigenvalue weighted by molar-refractivity contribution is -0.119. The highest BCUT2D eigenvalue weighted by atomic mass is 32.1. The van der Waals surface area contributed by atoms with E-state index in [1.807, 2.05) is 6.07 Å². The molecule has 0 saturated carbocycles. The number of hydrogen-bond acceptors (Lipinski definition) is 8. The molecule has 1 aromatic heterocycles. The number of hydrogen-bond donors (Lipinski definition) is 1. The summed E-state index contributed by atoms with van der Waals surface area (Å²) in [5.41, 5.74) is 1.50. The van der Waals surface area contributed by atoms with Crippen molar-refractivity contribution in [2.24, 2.45) is 0 Å². The van der Waals surface area contributed by atoms with E-state index in [1.165, 1.54) is 60.6 Å². The first-order chi connectivity index (χ1) is 14.9. The predicted octanol–water partition coefficient (Wildman–Crippen LogP) is 3.39. The quantitative estimate of drug-likeness (QED) is 0.412. The molecular formula is C22H23NO7S. The van der Waals surface area contributed by atoms with E-state index in [4.69, 9.17) is 4.74 Å². The Morgan fingerprint density at radius 3 is 2.16 bits per heavy atom. The number of carbonyl (C=O) groups is 4. The van der Waals surface area contributed by atoms with Crippen molar-refractivity contribution in [3.63, 3.8) is 0 Å². The molecule has 1 aromatic carbocycles. The molecule has 0 saturated heterocycles. The minimum absolute atomic E-state index is 0.0674. The third kappa shape index (κ3) is 5.69. The van der Waals surface area contributed by atoms with E-state index < -0.39 is 30.4 Å². The van der Waals surface area contributed by atoms with Crippen LogP contribution < -0.4 is 5.32 Å². The number of esters is 3. The number of aryl methyl sites for hydroxylation is 2. The molecule has 3 rings (SSSR count). The Balaban J connectivity index is 1.64. The molecule has 1 amide bonds. The summed E-state index contributed by atoms with van der Waals surface area (Å²) < 4.78 is 14.5. The Labute approximate surface area is 183 Å². The van der Waals surface area contributed by atoms with Gasteiger partial charge in [-0.2, -0.15) is 0 Å². The van der Waals surface area contributed by atoms with Crippen LogP contribution in [-0.4, -0.2) is 44.6 Å². The van der Waals surface area contributed by atoms with Gasteiger partial charge in [0.1, 0.15) is 4.88 Å². The largest absolute Gasteiger partial charge is 0.465 e. The summed E-state index contributed by atoms with van der Waals surface area (Å²) in [6.45, 7) is -0.503. The number of fused-ring (bicyclic) bond motifs is 1.